The molecule has 2 N–H and O–H groups in total. The van der Waals surface area contributed by atoms with Gasteiger partial charge in [-0.25, -0.2) is 0 Å². The number of hydrogen-bond donors (Lipinski definition) is 2. The maximum absolute atomic E-state index is 13.5. The number of nitrogens with zero attached hydrogens (tertiary/aromatic N) is 1. The second-order valence-corrected chi connectivity index (χ2v) is 9.10. The van der Waals surface area contributed by atoms with E-state index in [-0.39, 0.29) is 24.8 Å². The summed E-state index contributed by atoms with van der Waals surface area (Å²) >= 11 is 6.07. The number of para-hydroxylation sites is 1. The first-order valence-electron chi connectivity index (χ1n) is 10.9. The Morgan fingerprint density at radius 1 is 1.12 bits per heavy atom. The summed E-state index contributed by atoms with van der Waals surface area (Å²) in [5, 5.41) is 4.96. The Morgan fingerprint density at radius 3 is 2.55 bits per heavy atom. The Bertz CT molecular complexity index is 1220. The molecule has 3 aromatic rings. The van der Waals surface area contributed by atoms with Gasteiger partial charge in [0.2, 0.25) is 11.8 Å². The SMILES string of the molecule is CCOC(=O)[C@@]1(Cc2cc3ccccc3[nH]2)N[C@@H](c2ccc(Cl)cc2)[C@H]2C(=O)N(C)C(=O)[C@H]21. The molecule has 3 heterocycles. The average Bonchev–Trinajstić information content (AvgIpc) is 3.43. The van der Waals surface area contributed by atoms with Crippen LogP contribution in [-0.4, -0.2) is 46.9 Å². The summed E-state index contributed by atoms with van der Waals surface area (Å²) in [6.07, 6.45) is 0.179. The minimum absolute atomic E-state index is 0.163. The summed E-state index contributed by atoms with van der Waals surface area (Å²) in [5.74, 6) is -2.83. The number of nitrogens with one attached hydrogen (secondary N) is 2. The Morgan fingerprint density at radius 2 is 1.85 bits per heavy atom. The molecule has 2 aromatic carbocycles. The number of imide groups is 1. The summed E-state index contributed by atoms with van der Waals surface area (Å²) in [4.78, 5) is 44.5. The number of ether oxygens (including phenoxy) is 1. The van der Waals surface area contributed by atoms with Crippen molar-refractivity contribution in [2.24, 2.45) is 11.8 Å². The van der Waals surface area contributed by atoms with Crippen LogP contribution in [0.1, 0.15) is 24.2 Å². The largest absolute Gasteiger partial charge is 0.465 e. The molecule has 1 aromatic heterocycles. The van der Waals surface area contributed by atoms with Gasteiger partial charge in [-0.1, -0.05) is 41.9 Å². The van der Waals surface area contributed by atoms with Crippen molar-refractivity contribution in [3.8, 4) is 0 Å². The molecular formula is C25H24ClN3O4. The fourth-order valence-corrected chi connectivity index (χ4v) is 5.44. The van der Waals surface area contributed by atoms with Gasteiger partial charge >= 0.3 is 5.97 Å². The van der Waals surface area contributed by atoms with Crippen molar-refractivity contribution in [2.45, 2.75) is 24.9 Å². The van der Waals surface area contributed by atoms with Gasteiger partial charge in [0, 0.05) is 35.7 Å². The zero-order valence-corrected chi connectivity index (χ0v) is 19.1. The number of fused-ring (bicyclic) bond motifs is 2. The zero-order valence-electron chi connectivity index (χ0n) is 18.3. The van der Waals surface area contributed by atoms with Crippen molar-refractivity contribution in [2.75, 3.05) is 13.7 Å². The van der Waals surface area contributed by atoms with Crippen molar-refractivity contribution < 1.29 is 19.1 Å². The molecule has 0 unspecified atom stereocenters. The van der Waals surface area contributed by atoms with Gasteiger partial charge in [-0.3, -0.25) is 24.6 Å². The van der Waals surface area contributed by atoms with Crippen molar-refractivity contribution >= 4 is 40.3 Å². The number of amides is 2. The Hall–Kier alpha value is -3.16. The summed E-state index contributed by atoms with van der Waals surface area (Å²) in [7, 11) is 1.47. The Labute approximate surface area is 196 Å². The lowest BCUT2D eigenvalue weighted by Gasteiger charge is -2.32. The molecule has 8 heteroatoms. The topological polar surface area (TPSA) is 91.5 Å². The smallest absolute Gasteiger partial charge is 0.327 e. The second kappa shape index (κ2) is 8.01. The van der Waals surface area contributed by atoms with Gasteiger partial charge in [-0.05, 0) is 42.1 Å². The monoisotopic (exact) mass is 465 g/mol. The number of carbonyl (C=O) groups excluding carboxylic acids is 3. The molecule has 2 saturated heterocycles. The lowest BCUT2D eigenvalue weighted by molar-refractivity contribution is -0.156. The molecule has 0 saturated carbocycles. The first-order chi connectivity index (χ1) is 15.9. The van der Waals surface area contributed by atoms with E-state index in [2.05, 4.69) is 10.3 Å². The van der Waals surface area contributed by atoms with Crippen LogP contribution in [0.4, 0.5) is 0 Å². The molecule has 5 rings (SSSR count). The van der Waals surface area contributed by atoms with Crippen LogP contribution in [0.5, 0.6) is 0 Å². The maximum Gasteiger partial charge on any atom is 0.327 e. The minimum Gasteiger partial charge on any atom is -0.465 e. The molecule has 7 nitrogen and oxygen atoms in total. The lowest BCUT2D eigenvalue weighted by Crippen LogP contribution is -2.57. The number of carbonyl (C=O) groups is 3. The predicted octanol–water partition coefficient (Wildman–Crippen LogP) is 3.24. The van der Waals surface area contributed by atoms with Crippen molar-refractivity contribution in [1.82, 2.24) is 15.2 Å². The van der Waals surface area contributed by atoms with E-state index in [1.807, 2.05) is 42.5 Å². The van der Waals surface area contributed by atoms with Gasteiger partial charge in [0.15, 0.2) is 0 Å². The molecule has 2 aliphatic heterocycles. The molecular weight excluding hydrogens is 442 g/mol. The summed E-state index contributed by atoms with van der Waals surface area (Å²) in [5.41, 5.74) is 1.10. The number of H-pyrrole nitrogens is 1. The van der Waals surface area contributed by atoms with Gasteiger partial charge in [-0.15, -0.1) is 0 Å². The third kappa shape index (κ3) is 3.34. The van der Waals surface area contributed by atoms with Crippen LogP contribution in [0.3, 0.4) is 0 Å². The van der Waals surface area contributed by atoms with E-state index >= 15 is 0 Å². The molecule has 170 valence electrons. The van der Waals surface area contributed by atoms with E-state index in [1.54, 1.807) is 19.1 Å². The normalized spacial score (nSPS) is 26.8. The highest BCUT2D eigenvalue weighted by atomic mass is 35.5. The average molecular weight is 466 g/mol. The number of aromatic nitrogens is 1. The molecule has 0 spiro atoms. The third-order valence-corrected chi connectivity index (χ3v) is 7.05. The van der Waals surface area contributed by atoms with Gasteiger partial charge in [0.1, 0.15) is 5.54 Å². The van der Waals surface area contributed by atoms with E-state index in [0.717, 1.165) is 27.1 Å². The maximum atomic E-state index is 13.5. The first kappa shape index (κ1) is 21.7. The summed E-state index contributed by atoms with van der Waals surface area (Å²) in [6.45, 7) is 1.89. The molecule has 4 atom stereocenters. The number of benzene rings is 2. The minimum atomic E-state index is -1.40. The van der Waals surface area contributed by atoms with Crippen LogP contribution in [-0.2, 0) is 25.5 Å². The van der Waals surface area contributed by atoms with E-state index < -0.39 is 29.4 Å². The highest BCUT2D eigenvalue weighted by molar-refractivity contribution is 6.30. The third-order valence-electron chi connectivity index (χ3n) is 6.80. The Kier molecular flexibility index (Phi) is 5.26. The summed E-state index contributed by atoms with van der Waals surface area (Å²) < 4.78 is 5.49. The number of rotatable bonds is 5. The van der Waals surface area contributed by atoms with Crippen LogP contribution in [0.2, 0.25) is 5.02 Å². The van der Waals surface area contributed by atoms with Gasteiger partial charge in [0.05, 0.1) is 18.4 Å². The molecule has 33 heavy (non-hydrogen) atoms. The standard InChI is InChI=1S/C25H24ClN3O4/c1-3-33-24(32)25(13-17-12-15-6-4-5-7-18(15)27-17)20-19(22(30)29(2)23(20)31)21(28-25)14-8-10-16(26)11-9-14/h4-12,19-21,27-28H,3,13H2,1-2H3/t19-,20-,21-,25-/m0/s1. The van der Waals surface area contributed by atoms with Crippen LogP contribution >= 0.6 is 11.6 Å². The number of aromatic amines is 1. The van der Waals surface area contributed by atoms with Crippen LogP contribution in [0, 0.1) is 11.8 Å². The van der Waals surface area contributed by atoms with Crippen molar-refractivity contribution in [3.05, 3.63) is 70.9 Å². The van der Waals surface area contributed by atoms with E-state index in [4.69, 9.17) is 16.3 Å². The number of hydrogen-bond acceptors (Lipinski definition) is 5. The van der Waals surface area contributed by atoms with Crippen LogP contribution in [0.25, 0.3) is 10.9 Å². The summed E-state index contributed by atoms with van der Waals surface area (Å²) in [6, 6.07) is 16.3. The van der Waals surface area contributed by atoms with E-state index in [0.29, 0.717) is 5.02 Å². The van der Waals surface area contributed by atoms with E-state index in [1.165, 1.54) is 7.05 Å². The fraction of sp³-hybridized carbons (Fsp3) is 0.320. The van der Waals surface area contributed by atoms with E-state index in [9.17, 15) is 14.4 Å². The number of likely N-dealkylation sites (tertiary alicyclic amines) is 1. The molecule has 2 fully saturated rings. The van der Waals surface area contributed by atoms with Crippen molar-refractivity contribution in [1.29, 1.82) is 0 Å². The fourth-order valence-electron chi connectivity index (χ4n) is 5.32. The molecule has 2 amide bonds. The van der Waals surface area contributed by atoms with Gasteiger partial charge < -0.3 is 9.72 Å². The second-order valence-electron chi connectivity index (χ2n) is 8.66. The van der Waals surface area contributed by atoms with Gasteiger partial charge in [0.25, 0.3) is 0 Å². The molecule has 2 aliphatic rings. The quantitative estimate of drug-likeness (QED) is 0.446. The highest BCUT2D eigenvalue weighted by Crippen LogP contribution is 2.50. The molecule has 0 bridgehead atoms. The van der Waals surface area contributed by atoms with Crippen molar-refractivity contribution in [3.63, 3.8) is 0 Å². The van der Waals surface area contributed by atoms with Gasteiger partial charge in [-0.2, -0.15) is 0 Å². The molecule has 0 aliphatic carbocycles. The lowest BCUT2D eigenvalue weighted by atomic mass is 9.77. The highest BCUT2D eigenvalue weighted by Gasteiger charge is 2.68. The zero-order chi connectivity index (χ0) is 23.3. The number of halogens is 1. The first-order valence-corrected chi connectivity index (χ1v) is 11.3. The van der Waals surface area contributed by atoms with Crippen LogP contribution in [0.15, 0.2) is 54.6 Å². The van der Waals surface area contributed by atoms with Crippen LogP contribution < -0.4 is 5.32 Å². The molecule has 0 radical (unpaired) electrons. The number of esters is 1. The Balaban J connectivity index is 1.64. The predicted molar refractivity (Wildman–Crippen MR) is 123 cm³/mol.